The maximum Gasteiger partial charge on any atom is 0.305 e. The molecule has 142 valence electrons. The number of amides is 2. The van der Waals surface area contributed by atoms with Crippen LogP contribution in [0.2, 0.25) is 0 Å². The van der Waals surface area contributed by atoms with Crippen molar-refractivity contribution < 1.29 is 29.0 Å². The van der Waals surface area contributed by atoms with Crippen LogP contribution in [0.15, 0.2) is 18.2 Å². The minimum Gasteiger partial charge on any atom is -0.497 e. The fourth-order valence-electron chi connectivity index (χ4n) is 2.98. The zero-order chi connectivity index (χ0) is 19.3. The van der Waals surface area contributed by atoms with Crippen molar-refractivity contribution in [2.45, 2.75) is 25.3 Å². The van der Waals surface area contributed by atoms with Gasteiger partial charge in [0, 0.05) is 37.6 Å². The van der Waals surface area contributed by atoms with Gasteiger partial charge < -0.3 is 24.8 Å². The van der Waals surface area contributed by atoms with Crippen molar-refractivity contribution in [3.05, 3.63) is 23.8 Å². The Morgan fingerprint density at radius 3 is 2.65 bits per heavy atom. The second-order valence-corrected chi connectivity index (χ2v) is 6.27. The van der Waals surface area contributed by atoms with Gasteiger partial charge in [-0.1, -0.05) is 0 Å². The number of nitrogens with one attached hydrogen (secondary N) is 1. The molecule has 1 aliphatic heterocycles. The van der Waals surface area contributed by atoms with Crippen LogP contribution in [0, 0.1) is 5.92 Å². The van der Waals surface area contributed by atoms with Crippen molar-refractivity contribution in [3.8, 4) is 11.5 Å². The number of carbonyl (C=O) groups is 3. The molecular weight excluding hydrogens is 340 g/mol. The van der Waals surface area contributed by atoms with E-state index in [1.165, 1.54) is 14.2 Å². The molecule has 2 atom stereocenters. The molecule has 2 N–H and O–H groups in total. The predicted octanol–water partition coefficient (Wildman–Crippen LogP) is 1.20. The van der Waals surface area contributed by atoms with Crippen LogP contribution in [0.1, 0.15) is 30.9 Å². The van der Waals surface area contributed by atoms with Crippen molar-refractivity contribution in [1.82, 2.24) is 10.2 Å². The van der Waals surface area contributed by atoms with Crippen molar-refractivity contribution in [3.63, 3.8) is 0 Å². The molecule has 1 fully saturated rings. The molecule has 8 nitrogen and oxygen atoms in total. The number of ether oxygens (including phenoxy) is 2. The summed E-state index contributed by atoms with van der Waals surface area (Å²) in [5, 5.41) is 12.0. The van der Waals surface area contributed by atoms with E-state index in [0.717, 1.165) is 0 Å². The van der Waals surface area contributed by atoms with Gasteiger partial charge in [-0.2, -0.15) is 0 Å². The second kappa shape index (κ2) is 8.55. The smallest absolute Gasteiger partial charge is 0.305 e. The lowest BCUT2D eigenvalue weighted by Gasteiger charge is -2.29. The molecule has 2 unspecified atom stereocenters. The molecule has 8 heteroatoms. The minimum atomic E-state index is -1.05. The van der Waals surface area contributed by atoms with Gasteiger partial charge >= 0.3 is 5.97 Å². The molecule has 0 saturated carbocycles. The fraction of sp³-hybridized carbons (Fsp3) is 0.500. The Morgan fingerprint density at radius 2 is 2.08 bits per heavy atom. The van der Waals surface area contributed by atoms with Gasteiger partial charge in [0.05, 0.1) is 26.7 Å². The first kappa shape index (κ1) is 19.6. The van der Waals surface area contributed by atoms with Crippen LogP contribution in [-0.4, -0.2) is 55.6 Å². The van der Waals surface area contributed by atoms with E-state index in [-0.39, 0.29) is 24.7 Å². The van der Waals surface area contributed by atoms with Gasteiger partial charge in [0.15, 0.2) is 0 Å². The summed E-state index contributed by atoms with van der Waals surface area (Å²) in [6, 6.07) is 4.22. The maximum atomic E-state index is 12.6. The van der Waals surface area contributed by atoms with Crippen LogP contribution in [0.3, 0.4) is 0 Å². The molecule has 0 spiro atoms. The molecule has 0 radical (unpaired) electrons. The Balaban J connectivity index is 2.21. The van der Waals surface area contributed by atoms with Gasteiger partial charge in [0.1, 0.15) is 11.5 Å². The highest BCUT2D eigenvalue weighted by molar-refractivity contribution is 5.87. The highest BCUT2D eigenvalue weighted by Gasteiger charge is 2.31. The molecule has 1 aromatic rings. The number of carboxylic acids is 1. The molecule has 26 heavy (non-hydrogen) atoms. The van der Waals surface area contributed by atoms with Crippen LogP contribution in [0.4, 0.5) is 0 Å². The summed E-state index contributed by atoms with van der Waals surface area (Å²) in [6.07, 6.45) is 0.379. The molecule has 2 rings (SSSR count). The van der Waals surface area contributed by atoms with Gasteiger partial charge in [-0.15, -0.1) is 0 Å². The number of methoxy groups -OCH3 is 2. The first-order chi connectivity index (χ1) is 12.3. The summed E-state index contributed by atoms with van der Waals surface area (Å²) >= 11 is 0. The number of hydrogen-bond acceptors (Lipinski definition) is 5. The summed E-state index contributed by atoms with van der Waals surface area (Å²) in [5.41, 5.74) is 0.545. The highest BCUT2D eigenvalue weighted by Crippen LogP contribution is 2.32. The van der Waals surface area contributed by atoms with E-state index >= 15 is 0 Å². The standard InChI is InChI=1S/C18H24N2O6/c1-20-7-6-11(8-16(20)21)18(24)19-14(10-17(22)23)13-5-4-12(25-2)9-15(13)26-3/h4-5,9,11,14H,6-8,10H2,1-3H3,(H,19,24)(H,22,23). The lowest BCUT2D eigenvalue weighted by molar-refractivity contribution is -0.140. The van der Waals surface area contributed by atoms with Crippen LogP contribution < -0.4 is 14.8 Å². The molecular formula is C18H24N2O6. The number of likely N-dealkylation sites (tertiary alicyclic amines) is 1. The van der Waals surface area contributed by atoms with Gasteiger partial charge in [-0.25, -0.2) is 0 Å². The third-order valence-corrected chi connectivity index (χ3v) is 4.54. The fourth-order valence-corrected chi connectivity index (χ4v) is 2.98. The second-order valence-electron chi connectivity index (χ2n) is 6.27. The lowest BCUT2D eigenvalue weighted by Crippen LogP contribution is -2.43. The van der Waals surface area contributed by atoms with E-state index in [2.05, 4.69) is 5.32 Å². The van der Waals surface area contributed by atoms with Crippen molar-refractivity contribution in [2.75, 3.05) is 27.8 Å². The van der Waals surface area contributed by atoms with E-state index in [0.29, 0.717) is 30.0 Å². The number of carbonyl (C=O) groups excluding carboxylic acids is 2. The average molecular weight is 364 g/mol. The largest absolute Gasteiger partial charge is 0.497 e. The third-order valence-electron chi connectivity index (χ3n) is 4.54. The Hall–Kier alpha value is -2.77. The number of aliphatic carboxylic acids is 1. The van der Waals surface area contributed by atoms with Crippen LogP contribution in [0.5, 0.6) is 11.5 Å². The van der Waals surface area contributed by atoms with E-state index in [1.807, 2.05) is 0 Å². The highest BCUT2D eigenvalue weighted by atomic mass is 16.5. The Kier molecular flexibility index (Phi) is 6.43. The number of piperidine rings is 1. The van der Waals surface area contributed by atoms with Gasteiger partial charge in [0.2, 0.25) is 11.8 Å². The first-order valence-electron chi connectivity index (χ1n) is 8.33. The van der Waals surface area contributed by atoms with Gasteiger partial charge in [-0.05, 0) is 18.6 Å². The van der Waals surface area contributed by atoms with Gasteiger partial charge in [-0.3, -0.25) is 14.4 Å². The Morgan fingerprint density at radius 1 is 1.35 bits per heavy atom. The summed E-state index contributed by atoms with van der Waals surface area (Å²) in [4.78, 5) is 37.3. The number of nitrogens with zero attached hydrogens (tertiary/aromatic N) is 1. The summed E-state index contributed by atoms with van der Waals surface area (Å²) in [5.74, 6) is -0.932. The summed E-state index contributed by atoms with van der Waals surface area (Å²) in [7, 11) is 4.68. The summed E-state index contributed by atoms with van der Waals surface area (Å²) in [6.45, 7) is 0.506. The SMILES string of the molecule is COc1ccc(C(CC(=O)O)NC(=O)C2CCN(C)C(=O)C2)c(OC)c1. The number of benzene rings is 1. The number of rotatable bonds is 7. The topological polar surface area (TPSA) is 105 Å². The molecule has 2 amide bonds. The van der Waals surface area contributed by atoms with Crippen molar-refractivity contribution in [1.29, 1.82) is 0 Å². The maximum absolute atomic E-state index is 12.6. The average Bonchev–Trinajstić information content (AvgIpc) is 2.62. The van der Waals surface area contributed by atoms with Gasteiger partial charge in [0.25, 0.3) is 0 Å². The zero-order valence-electron chi connectivity index (χ0n) is 15.2. The number of hydrogen-bond donors (Lipinski definition) is 2. The Bertz CT molecular complexity index is 690. The number of carboxylic acid groups (broad SMARTS) is 1. The van der Waals surface area contributed by atoms with E-state index in [1.54, 1.807) is 30.1 Å². The van der Waals surface area contributed by atoms with Crippen LogP contribution in [-0.2, 0) is 14.4 Å². The Labute approximate surface area is 152 Å². The monoisotopic (exact) mass is 364 g/mol. The molecule has 0 aromatic heterocycles. The van der Waals surface area contributed by atoms with Crippen LogP contribution in [0.25, 0.3) is 0 Å². The first-order valence-corrected chi connectivity index (χ1v) is 8.33. The molecule has 1 saturated heterocycles. The minimum absolute atomic E-state index is 0.0896. The molecule has 1 aliphatic rings. The molecule has 0 bridgehead atoms. The molecule has 1 aromatic carbocycles. The molecule has 0 aliphatic carbocycles. The quantitative estimate of drug-likeness (QED) is 0.753. The van der Waals surface area contributed by atoms with E-state index < -0.39 is 17.9 Å². The lowest BCUT2D eigenvalue weighted by atomic mass is 9.94. The van der Waals surface area contributed by atoms with Crippen molar-refractivity contribution >= 4 is 17.8 Å². The predicted molar refractivity (Wildman–Crippen MR) is 93.0 cm³/mol. The van der Waals surface area contributed by atoms with Crippen LogP contribution >= 0.6 is 0 Å². The third kappa shape index (κ3) is 4.65. The van der Waals surface area contributed by atoms with Crippen molar-refractivity contribution in [2.24, 2.45) is 5.92 Å². The molecule has 1 heterocycles. The van der Waals surface area contributed by atoms with E-state index in [4.69, 9.17) is 9.47 Å². The zero-order valence-corrected chi connectivity index (χ0v) is 15.2. The summed E-state index contributed by atoms with van der Waals surface area (Å²) < 4.78 is 10.5. The van der Waals surface area contributed by atoms with E-state index in [9.17, 15) is 19.5 Å². The normalized spacial score (nSPS) is 18.2.